The molecule has 0 atom stereocenters. The highest BCUT2D eigenvalue weighted by molar-refractivity contribution is 9.10. The van der Waals surface area contributed by atoms with Crippen molar-refractivity contribution >= 4 is 50.3 Å². The fourth-order valence-electron chi connectivity index (χ4n) is 3.38. The predicted octanol–water partition coefficient (Wildman–Crippen LogP) is 5.37. The standard InChI is InChI=1S/C25H24BrN5O3/c1-16(32)4-3-12-28-24(33)22-15-20(11-13-27-22)34-19-9-10-23-21(14-19)30-25(31(23)2)29-18-7-5-17(26)6-8-18/h5-11,13-15H,3-4,12H2,1-2H3,(H,28,33)(H,29,30). The van der Waals surface area contributed by atoms with E-state index in [0.717, 1.165) is 21.2 Å². The minimum absolute atomic E-state index is 0.101. The maximum atomic E-state index is 12.3. The van der Waals surface area contributed by atoms with Crippen LogP contribution >= 0.6 is 15.9 Å². The summed E-state index contributed by atoms with van der Waals surface area (Å²) in [6, 6.07) is 16.8. The molecular formula is C25H24BrN5O3. The first kappa shape index (κ1) is 23.4. The van der Waals surface area contributed by atoms with Crippen LogP contribution in [-0.2, 0) is 11.8 Å². The summed E-state index contributed by atoms with van der Waals surface area (Å²) in [6.07, 6.45) is 2.56. The first-order valence-corrected chi connectivity index (χ1v) is 11.6. The number of imidazole rings is 1. The molecule has 0 fully saturated rings. The van der Waals surface area contributed by atoms with Crippen LogP contribution in [0.2, 0.25) is 0 Å². The van der Waals surface area contributed by atoms with Gasteiger partial charge in [0.25, 0.3) is 5.91 Å². The van der Waals surface area contributed by atoms with E-state index >= 15 is 0 Å². The molecule has 0 saturated heterocycles. The summed E-state index contributed by atoms with van der Waals surface area (Å²) in [4.78, 5) is 32.2. The molecule has 9 heteroatoms. The van der Waals surface area contributed by atoms with Gasteiger partial charge in [0, 0.05) is 48.5 Å². The lowest BCUT2D eigenvalue weighted by atomic mass is 10.2. The van der Waals surface area contributed by atoms with Gasteiger partial charge in [0.15, 0.2) is 0 Å². The predicted molar refractivity (Wildman–Crippen MR) is 135 cm³/mol. The van der Waals surface area contributed by atoms with Crippen molar-refractivity contribution in [1.82, 2.24) is 19.9 Å². The molecule has 2 aromatic heterocycles. The zero-order valence-corrected chi connectivity index (χ0v) is 20.4. The number of rotatable bonds is 9. The van der Waals surface area contributed by atoms with Crippen LogP contribution in [0.15, 0.2) is 65.3 Å². The molecule has 0 unspecified atom stereocenters. The van der Waals surface area contributed by atoms with E-state index in [9.17, 15) is 9.59 Å². The molecule has 0 aliphatic heterocycles. The maximum Gasteiger partial charge on any atom is 0.270 e. The Kier molecular flexibility index (Phi) is 7.22. The largest absolute Gasteiger partial charge is 0.457 e. The van der Waals surface area contributed by atoms with Gasteiger partial charge in [-0.2, -0.15) is 0 Å². The highest BCUT2D eigenvalue weighted by Gasteiger charge is 2.12. The maximum absolute atomic E-state index is 12.3. The van der Waals surface area contributed by atoms with Gasteiger partial charge in [0.2, 0.25) is 5.95 Å². The number of halogens is 1. The van der Waals surface area contributed by atoms with E-state index in [-0.39, 0.29) is 17.4 Å². The van der Waals surface area contributed by atoms with Crippen molar-refractivity contribution in [3.05, 3.63) is 71.0 Å². The van der Waals surface area contributed by atoms with E-state index in [0.29, 0.717) is 36.8 Å². The molecule has 2 N–H and O–H groups in total. The summed E-state index contributed by atoms with van der Waals surface area (Å²) < 4.78 is 8.96. The van der Waals surface area contributed by atoms with Gasteiger partial charge in [-0.05, 0) is 55.8 Å². The second-order valence-electron chi connectivity index (χ2n) is 7.82. The van der Waals surface area contributed by atoms with Crippen molar-refractivity contribution in [2.45, 2.75) is 19.8 Å². The number of aromatic nitrogens is 3. The number of anilines is 2. The summed E-state index contributed by atoms with van der Waals surface area (Å²) in [5.41, 5.74) is 2.91. The number of hydrogen-bond donors (Lipinski definition) is 2. The lowest BCUT2D eigenvalue weighted by Gasteiger charge is -2.08. The van der Waals surface area contributed by atoms with Crippen LogP contribution in [0.5, 0.6) is 11.5 Å². The summed E-state index contributed by atoms with van der Waals surface area (Å²) in [5, 5.41) is 6.09. The van der Waals surface area contributed by atoms with Crippen molar-refractivity contribution < 1.29 is 14.3 Å². The summed E-state index contributed by atoms with van der Waals surface area (Å²) >= 11 is 3.44. The van der Waals surface area contributed by atoms with E-state index in [1.54, 1.807) is 12.1 Å². The highest BCUT2D eigenvalue weighted by Crippen LogP contribution is 2.28. The van der Waals surface area contributed by atoms with Gasteiger partial charge in [0.05, 0.1) is 11.0 Å². The number of amides is 1. The van der Waals surface area contributed by atoms with Crippen molar-refractivity contribution in [2.24, 2.45) is 7.05 Å². The van der Waals surface area contributed by atoms with E-state index < -0.39 is 0 Å². The third-order valence-electron chi connectivity index (χ3n) is 5.14. The second-order valence-corrected chi connectivity index (χ2v) is 8.73. The molecule has 4 rings (SSSR count). The topological polar surface area (TPSA) is 98.1 Å². The second kappa shape index (κ2) is 10.5. The van der Waals surface area contributed by atoms with Gasteiger partial charge in [0.1, 0.15) is 23.0 Å². The van der Waals surface area contributed by atoms with Gasteiger partial charge >= 0.3 is 0 Å². The summed E-state index contributed by atoms with van der Waals surface area (Å²) in [5.74, 6) is 1.59. The van der Waals surface area contributed by atoms with Crippen molar-refractivity contribution in [3.63, 3.8) is 0 Å². The number of ketones is 1. The fourth-order valence-corrected chi connectivity index (χ4v) is 3.65. The van der Waals surface area contributed by atoms with Gasteiger partial charge in [-0.3, -0.25) is 9.78 Å². The zero-order valence-electron chi connectivity index (χ0n) is 18.8. The van der Waals surface area contributed by atoms with Gasteiger partial charge in [-0.1, -0.05) is 15.9 Å². The molecule has 174 valence electrons. The summed E-state index contributed by atoms with van der Waals surface area (Å²) in [7, 11) is 1.95. The van der Waals surface area contributed by atoms with Crippen LogP contribution in [0.3, 0.4) is 0 Å². The number of nitrogens with one attached hydrogen (secondary N) is 2. The third kappa shape index (κ3) is 5.79. The van der Waals surface area contributed by atoms with E-state index in [1.807, 2.05) is 54.1 Å². The molecule has 0 aliphatic rings. The Labute approximate surface area is 205 Å². The molecule has 8 nitrogen and oxygen atoms in total. The van der Waals surface area contributed by atoms with Crippen LogP contribution < -0.4 is 15.4 Å². The number of ether oxygens (including phenoxy) is 1. The normalized spacial score (nSPS) is 10.8. The first-order valence-electron chi connectivity index (χ1n) is 10.8. The lowest BCUT2D eigenvalue weighted by Crippen LogP contribution is -2.25. The Balaban J connectivity index is 1.46. The number of pyridine rings is 1. The first-order chi connectivity index (χ1) is 16.4. The molecule has 34 heavy (non-hydrogen) atoms. The Morgan fingerprint density at radius 3 is 2.59 bits per heavy atom. The van der Waals surface area contributed by atoms with Crippen LogP contribution in [0.1, 0.15) is 30.3 Å². The van der Waals surface area contributed by atoms with Gasteiger partial charge < -0.3 is 24.7 Å². The number of carbonyl (C=O) groups is 2. The Morgan fingerprint density at radius 1 is 1.06 bits per heavy atom. The minimum atomic E-state index is -0.308. The van der Waals surface area contributed by atoms with Gasteiger partial charge in [-0.25, -0.2) is 4.98 Å². The molecule has 1 amide bonds. The number of hydrogen-bond acceptors (Lipinski definition) is 6. The summed E-state index contributed by atoms with van der Waals surface area (Å²) in [6.45, 7) is 1.95. The quantitative estimate of drug-likeness (QED) is 0.287. The molecule has 0 spiro atoms. The minimum Gasteiger partial charge on any atom is -0.457 e. The molecule has 2 aromatic carbocycles. The number of nitrogens with zero attached hydrogens (tertiary/aromatic N) is 3. The molecule has 4 aromatic rings. The van der Waals surface area contributed by atoms with Crippen LogP contribution in [0.25, 0.3) is 11.0 Å². The number of benzene rings is 2. The molecule has 0 radical (unpaired) electrons. The Hall–Kier alpha value is -3.72. The van der Waals surface area contributed by atoms with Crippen LogP contribution in [0, 0.1) is 0 Å². The van der Waals surface area contributed by atoms with Gasteiger partial charge in [-0.15, -0.1) is 0 Å². The molecular weight excluding hydrogens is 498 g/mol. The molecule has 2 heterocycles. The zero-order chi connectivity index (χ0) is 24.1. The monoisotopic (exact) mass is 521 g/mol. The number of aryl methyl sites for hydroxylation is 1. The van der Waals surface area contributed by atoms with Crippen LogP contribution in [-0.4, -0.2) is 32.8 Å². The van der Waals surface area contributed by atoms with Crippen molar-refractivity contribution in [3.8, 4) is 11.5 Å². The lowest BCUT2D eigenvalue weighted by molar-refractivity contribution is -0.117. The SMILES string of the molecule is CC(=O)CCCNC(=O)c1cc(Oc2ccc3c(c2)nc(Nc2ccc(Br)cc2)n3C)ccn1. The Morgan fingerprint density at radius 2 is 1.82 bits per heavy atom. The fraction of sp³-hybridized carbons (Fsp3) is 0.200. The van der Waals surface area contributed by atoms with E-state index in [1.165, 1.54) is 13.1 Å². The third-order valence-corrected chi connectivity index (χ3v) is 5.67. The van der Waals surface area contributed by atoms with E-state index in [4.69, 9.17) is 9.72 Å². The average Bonchev–Trinajstić information content (AvgIpc) is 3.12. The van der Waals surface area contributed by atoms with Crippen molar-refractivity contribution in [1.29, 1.82) is 0 Å². The van der Waals surface area contributed by atoms with Crippen LogP contribution in [0.4, 0.5) is 11.6 Å². The Bertz CT molecular complexity index is 1330. The molecule has 0 aliphatic carbocycles. The average molecular weight is 522 g/mol. The number of fused-ring (bicyclic) bond motifs is 1. The molecule has 0 saturated carbocycles. The smallest absolute Gasteiger partial charge is 0.270 e. The highest BCUT2D eigenvalue weighted by atomic mass is 79.9. The van der Waals surface area contributed by atoms with E-state index in [2.05, 4.69) is 31.5 Å². The van der Waals surface area contributed by atoms with Crippen molar-refractivity contribution in [2.75, 3.05) is 11.9 Å². The number of carbonyl (C=O) groups excluding carboxylic acids is 2. The molecule has 0 bridgehead atoms. The number of Topliss-reactive ketones (excluding diaryl/α,β-unsaturated/α-hetero) is 1.